The number of anilines is 1. The van der Waals surface area contributed by atoms with Gasteiger partial charge in [-0.25, -0.2) is 0 Å². The average Bonchev–Trinajstić information content (AvgIpc) is 2.60. The molecular weight excluding hydrogens is 224 g/mol. The molecule has 3 nitrogen and oxygen atoms in total. The molecule has 0 aliphatic heterocycles. The zero-order valence-corrected chi connectivity index (χ0v) is 9.77. The lowest BCUT2D eigenvalue weighted by Gasteiger charge is -2.04. The number of aryl methyl sites for hydroxylation is 1. The Kier molecular flexibility index (Phi) is 3.15. The molecule has 0 atom stereocenters. The highest BCUT2D eigenvalue weighted by Gasteiger charge is 2.06. The van der Waals surface area contributed by atoms with Crippen LogP contribution in [0.1, 0.15) is 12.1 Å². The zero-order chi connectivity index (χ0) is 11.5. The van der Waals surface area contributed by atoms with Crippen LogP contribution in [0.2, 0.25) is 0 Å². The highest BCUT2D eigenvalue weighted by Crippen LogP contribution is 2.24. The van der Waals surface area contributed by atoms with Gasteiger partial charge in [-0.05, 0) is 25.1 Å². The Morgan fingerprint density at radius 3 is 3.06 bits per heavy atom. The van der Waals surface area contributed by atoms with E-state index in [4.69, 9.17) is 11.6 Å². The first-order valence-electron chi connectivity index (χ1n) is 5.15. The Hall–Kier alpha value is -1.48. The quantitative estimate of drug-likeness (QED) is 0.791. The number of aromatic amines is 1. The Bertz CT molecular complexity index is 519. The summed E-state index contributed by atoms with van der Waals surface area (Å²) in [6, 6.07) is 7.81. The van der Waals surface area contributed by atoms with Gasteiger partial charge in [-0.1, -0.05) is 6.07 Å². The van der Waals surface area contributed by atoms with Crippen LogP contribution in [-0.4, -0.2) is 16.8 Å². The lowest BCUT2D eigenvalue weighted by molar-refractivity contribution is -0.115. The van der Waals surface area contributed by atoms with Crippen molar-refractivity contribution < 1.29 is 4.79 Å². The van der Waals surface area contributed by atoms with Crippen LogP contribution in [0.25, 0.3) is 10.9 Å². The van der Waals surface area contributed by atoms with E-state index >= 15 is 0 Å². The third-order valence-electron chi connectivity index (χ3n) is 2.39. The molecule has 4 heteroatoms. The summed E-state index contributed by atoms with van der Waals surface area (Å²) >= 11 is 5.52. The van der Waals surface area contributed by atoms with Crippen LogP contribution in [0.5, 0.6) is 0 Å². The van der Waals surface area contributed by atoms with Crippen molar-refractivity contribution in [3.8, 4) is 0 Å². The summed E-state index contributed by atoms with van der Waals surface area (Å²) in [6.07, 6.45) is 0.335. The second kappa shape index (κ2) is 4.58. The fourth-order valence-electron chi connectivity index (χ4n) is 1.70. The fourth-order valence-corrected chi connectivity index (χ4v) is 1.87. The highest BCUT2D eigenvalue weighted by atomic mass is 35.5. The number of halogens is 1. The van der Waals surface area contributed by atoms with Crippen LogP contribution in [-0.2, 0) is 4.79 Å². The molecule has 0 aliphatic carbocycles. The third kappa shape index (κ3) is 2.19. The predicted octanol–water partition coefficient (Wildman–Crippen LogP) is 3.04. The van der Waals surface area contributed by atoms with Crippen LogP contribution in [0.3, 0.4) is 0 Å². The van der Waals surface area contributed by atoms with Gasteiger partial charge in [0.2, 0.25) is 5.91 Å². The van der Waals surface area contributed by atoms with Gasteiger partial charge in [0, 0.05) is 28.9 Å². The van der Waals surface area contributed by atoms with Crippen molar-refractivity contribution in [3.05, 3.63) is 30.0 Å². The number of fused-ring (bicyclic) bond motifs is 1. The van der Waals surface area contributed by atoms with Crippen LogP contribution < -0.4 is 5.32 Å². The molecule has 0 fully saturated rings. The minimum atomic E-state index is -0.0543. The zero-order valence-electron chi connectivity index (χ0n) is 9.01. The van der Waals surface area contributed by atoms with E-state index < -0.39 is 0 Å². The topological polar surface area (TPSA) is 44.9 Å². The van der Waals surface area contributed by atoms with E-state index in [-0.39, 0.29) is 5.91 Å². The minimum absolute atomic E-state index is 0.0543. The number of rotatable bonds is 3. The molecule has 0 saturated carbocycles. The van der Waals surface area contributed by atoms with Gasteiger partial charge in [-0.15, -0.1) is 11.6 Å². The van der Waals surface area contributed by atoms with Gasteiger partial charge in [0.25, 0.3) is 0 Å². The van der Waals surface area contributed by atoms with E-state index in [1.165, 1.54) is 0 Å². The summed E-state index contributed by atoms with van der Waals surface area (Å²) in [7, 11) is 0. The Morgan fingerprint density at radius 1 is 1.50 bits per heavy atom. The lowest BCUT2D eigenvalue weighted by Crippen LogP contribution is -2.11. The van der Waals surface area contributed by atoms with Crippen molar-refractivity contribution in [2.24, 2.45) is 0 Å². The van der Waals surface area contributed by atoms with Crippen molar-refractivity contribution in [1.29, 1.82) is 0 Å². The molecule has 84 valence electrons. The first kappa shape index (κ1) is 11.0. The third-order valence-corrected chi connectivity index (χ3v) is 2.58. The maximum Gasteiger partial charge on any atom is 0.225 e. The summed E-state index contributed by atoms with van der Waals surface area (Å²) in [5, 5.41) is 3.89. The normalized spacial score (nSPS) is 10.6. The molecule has 1 amide bonds. The molecule has 2 aromatic rings. The molecule has 0 aliphatic rings. The summed E-state index contributed by atoms with van der Waals surface area (Å²) in [6.45, 7) is 1.99. The first-order valence-corrected chi connectivity index (χ1v) is 5.68. The van der Waals surface area contributed by atoms with Crippen LogP contribution in [0.15, 0.2) is 24.3 Å². The number of hydrogen-bond donors (Lipinski definition) is 2. The monoisotopic (exact) mass is 236 g/mol. The molecular formula is C12H13ClN2O. The molecule has 0 spiro atoms. The Morgan fingerprint density at radius 2 is 2.31 bits per heavy atom. The molecule has 1 aromatic heterocycles. The molecule has 2 N–H and O–H groups in total. The van der Waals surface area contributed by atoms with Gasteiger partial charge in [-0.2, -0.15) is 0 Å². The molecule has 16 heavy (non-hydrogen) atoms. The van der Waals surface area contributed by atoms with E-state index in [2.05, 4.69) is 10.3 Å². The van der Waals surface area contributed by atoms with Crippen molar-refractivity contribution in [2.75, 3.05) is 11.2 Å². The number of amides is 1. The maximum absolute atomic E-state index is 11.5. The number of alkyl halides is 1. The SMILES string of the molecule is Cc1cc2c(NC(=O)CCCl)cccc2[nH]1. The average molecular weight is 237 g/mol. The predicted molar refractivity (Wildman–Crippen MR) is 67.0 cm³/mol. The second-order valence-electron chi connectivity index (χ2n) is 3.71. The standard InChI is InChI=1S/C12H13ClN2O/c1-8-7-9-10(14-8)3-2-4-11(9)15-12(16)5-6-13/h2-4,7,14H,5-6H2,1H3,(H,15,16). The van der Waals surface area contributed by atoms with Crippen molar-refractivity contribution >= 4 is 34.1 Å². The van der Waals surface area contributed by atoms with Crippen LogP contribution in [0, 0.1) is 6.92 Å². The number of carbonyl (C=O) groups is 1. The molecule has 0 unspecified atom stereocenters. The van der Waals surface area contributed by atoms with E-state index in [0.29, 0.717) is 12.3 Å². The molecule has 1 heterocycles. The maximum atomic E-state index is 11.5. The lowest BCUT2D eigenvalue weighted by atomic mass is 10.2. The number of carbonyl (C=O) groups excluding carboxylic acids is 1. The van der Waals surface area contributed by atoms with Crippen molar-refractivity contribution in [2.45, 2.75) is 13.3 Å². The largest absolute Gasteiger partial charge is 0.359 e. The number of aromatic nitrogens is 1. The summed E-state index contributed by atoms with van der Waals surface area (Å²) in [5.41, 5.74) is 2.94. The Labute approximate surface area is 98.8 Å². The van der Waals surface area contributed by atoms with Gasteiger partial charge in [-0.3, -0.25) is 4.79 Å². The van der Waals surface area contributed by atoms with Gasteiger partial charge in [0.1, 0.15) is 0 Å². The number of H-pyrrole nitrogens is 1. The van der Waals surface area contributed by atoms with Crippen molar-refractivity contribution in [1.82, 2.24) is 4.98 Å². The minimum Gasteiger partial charge on any atom is -0.359 e. The van der Waals surface area contributed by atoms with Gasteiger partial charge in [0.15, 0.2) is 0 Å². The highest BCUT2D eigenvalue weighted by molar-refractivity contribution is 6.19. The van der Waals surface area contributed by atoms with Crippen molar-refractivity contribution in [3.63, 3.8) is 0 Å². The Balaban J connectivity index is 2.33. The van der Waals surface area contributed by atoms with E-state index in [9.17, 15) is 4.79 Å². The van der Waals surface area contributed by atoms with E-state index in [1.807, 2.05) is 31.2 Å². The van der Waals surface area contributed by atoms with Gasteiger partial charge >= 0.3 is 0 Å². The summed E-state index contributed by atoms with van der Waals surface area (Å²) in [4.78, 5) is 14.7. The number of benzene rings is 1. The van der Waals surface area contributed by atoms with E-state index in [0.717, 1.165) is 22.3 Å². The van der Waals surface area contributed by atoms with Crippen LogP contribution in [0.4, 0.5) is 5.69 Å². The molecule has 2 rings (SSSR count). The number of nitrogens with one attached hydrogen (secondary N) is 2. The van der Waals surface area contributed by atoms with E-state index in [1.54, 1.807) is 0 Å². The molecule has 0 saturated heterocycles. The molecule has 0 bridgehead atoms. The summed E-state index contributed by atoms with van der Waals surface area (Å²) in [5.74, 6) is 0.287. The second-order valence-corrected chi connectivity index (χ2v) is 4.08. The molecule has 1 aromatic carbocycles. The van der Waals surface area contributed by atoms with Gasteiger partial charge in [0.05, 0.1) is 5.69 Å². The summed E-state index contributed by atoms with van der Waals surface area (Å²) < 4.78 is 0. The fraction of sp³-hybridized carbons (Fsp3) is 0.250. The first-order chi connectivity index (χ1) is 7.70. The smallest absolute Gasteiger partial charge is 0.225 e. The van der Waals surface area contributed by atoms with Gasteiger partial charge < -0.3 is 10.3 Å². The molecule has 0 radical (unpaired) electrons. The van der Waals surface area contributed by atoms with Crippen LogP contribution >= 0.6 is 11.6 Å². The number of hydrogen-bond acceptors (Lipinski definition) is 1.